The lowest BCUT2D eigenvalue weighted by Crippen LogP contribution is -2.39. The van der Waals surface area contributed by atoms with Crippen molar-refractivity contribution < 1.29 is 14.2 Å². The van der Waals surface area contributed by atoms with Crippen LogP contribution in [0.4, 0.5) is 11.5 Å². The number of H-pyrrole nitrogens is 2. The highest BCUT2D eigenvalue weighted by atomic mass is 16.5. The molecule has 0 saturated carbocycles. The summed E-state index contributed by atoms with van der Waals surface area (Å²) in [6.07, 6.45) is 7.17. The van der Waals surface area contributed by atoms with E-state index >= 15 is 0 Å². The lowest BCUT2D eigenvalue weighted by Gasteiger charge is -2.32. The summed E-state index contributed by atoms with van der Waals surface area (Å²) in [7, 11) is 0. The number of rotatable bonds is 8. The van der Waals surface area contributed by atoms with Gasteiger partial charge in [0.1, 0.15) is 0 Å². The van der Waals surface area contributed by atoms with Crippen molar-refractivity contribution in [1.82, 2.24) is 30.3 Å². The Morgan fingerprint density at radius 2 is 1.48 bits per heavy atom. The van der Waals surface area contributed by atoms with Gasteiger partial charge in [-0.1, -0.05) is 18.2 Å². The molecule has 2 atom stereocenters. The molecule has 3 aliphatic heterocycles. The molecule has 2 saturated heterocycles. The van der Waals surface area contributed by atoms with Crippen LogP contribution in [-0.2, 0) is 9.47 Å². The number of ether oxygens (including phenoxy) is 3. The van der Waals surface area contributed by atoms with Crippen LogP contribution < -0.4 is 9.64 Å². The van der Waals surface area contributed by atoms with Gasteiger partial charge in [-0.25, -0.2) is 4.98 Å². The van der Waals surface area contributed by atoms with Crippen LogP contribution in [0.15, 0.2) is 79.3 Å². The summed E-state index contributed by atoms with van der Waals surface area (Å²) in [5.74, 6) is 2.30. The zero-order valence-corrected chi connectivity index (χ0v) is 24.1. The van der Waals surface area contributed by atoms with Crippen LogP contribution in [0.5, 0.6) is 11.5 Å². The number of pyridine rings is 1. The number of likely N-dealkylation sites (tertiary alicyclic amines) is 1. The highest BCUT2D eigenvalue weighted by Gasteiger charge is 2.38. The van der Waals surface area contributed by atoms with Crippen LogP contribution in [-0.4, -0.2) is 81.9 Å². The number of aromatic amines is 2. The Morgan fingerprint density at radius 1 is 0.773 bits per heavy atom. The zero-order chi connectivity index (χ0) is 29.0. The lowest BCUT2D eigenvalue weighted by atomic mass is 10.0. The maximum Gasteiger partial charge on any atom is 0.176 e. The molecular formula is C34H31N7O3. The summed E-state index contributed by atoms with van der Waals surface area (Å²) in [6.45, 7) is 4.75. The first kappa shape index (κ1) is 25.7. The van der Waals surface area contributed by atoms with E-state index in [2.05, 4.69) is 84.8 Å². The van der Waals surface area contributed by atoms with E-state index in [4.69, 9.17) is 19.2 Å². The number of fused-ring (bicyclic) bond motifs is 6. The normalized spacial score (nSPS) is 19.0. The first-order valence-electron chi connectivity index (χ1n) is 15.1. The number of anilines is 2. The van der Waals surface area contributed by atoms with Gasteiger partial charge >= 0.3 is 0 Å². The molecule has 0 amide bonds. The summed E-state index contributed by atoms with van der Waals surface area (Å²) in [5.41, 5.74) is 7.21. The minimum atomic E-state index is 0.408. The van der Waals surface area contributed by atoms with Gasteiger partial charge in [-0.15, -0.1) is 0 Å². The molecule has 0 aliphatic carbocycles. The summed E-state index contributed by atoms with van der Waals surface area (Å²) in [5, 5.41) is 16.5. The number of benzene rings is 3. The molecule has 9 rings (SSSR count). The van der Waals surface area contributed by atoms with Crippen LogP contribution in [0.3, 0.4) is 0 Å². The Hall–Kier alpha value is -4.77. The molecule has 3 aromatic heterocycles. The zero-order valence-electron chi connectivity index (χ0n) is 24.1. The first-order valence-corrected chi connectivity index (χ1v) is 15.1. The standard InChI is InChI=1S/C34H31N7O3/c1-4-29-25(17-36-38-29)11-21(1)23-3-6-31-32(13-23)44-33-14-24(22-2-5-30-26(12-22)18-37-39-30)16-35-34(33)41(31)8-10-42-9-7-40-19-28-15-27(40)20-43-28/h1-6,11-14,16-18,27-28H,7-10,15,19-20H2,(H,36,38)(H,37,39)/t27-,28-/m1/s1. The second-order valence-corrected chi connectivity index (χ2v) is 11.8. The molecule has 3 aromatic carbocycles. The van der Waals surface area contributed by atoms with E-state index in [1.165, 1.54) is 0 Å². The van der Waals surface area contributed by atoms with Gasteiger partial charge in [-0.3, -0.25) is 15.1 Å². The van der Waals surface area contributed by atoms with Crippen molar-refractivity contribution in [2.45, 2.75) is 18.6 Å². The maximum atomic E-state index is 6.60. The Labute approximate surface area is 253 Å². The van der Waals surface area contributed by atoms with Crippen LogP contribution in [0.25, 0.3) is 44.1 Å². The average Bonchev–Trinajstić information content (AvgIpc) is 3.88. The van der Waals surface area contributed by atoms with E-state index in [-0.39, 0.29) is 0 Å². The fraction of sp³-hybridized carbons (Fsp3) is 0.265. The molecule has 6 heterocycles. The third-order valence-corrected chi connectivity index (χ3v) is 9.10. The molecule has 0 radical (unpaired) electrons. The van der Waals surface area contributed by atoms with Crippen molar-refractivity contribution in [2.24, 2.45) is 0 Å². The van der Waals surface area contributed by atoms with Gasteiger partial charge in [-0.2, -0.15) is 10.2 Å². The van der Waals surface area contributed by atoms with Crippen molar-refractivity contribution in [1.29, 1.82) is 0 Å². The van der Waals surface area contributed by atoms with Gasteiger partial charge < -0.3 is 19.1 Å². The number of nitrogens with zero attached hydrogens (tertiary/aromatic N) is 5. The fourth-order valence-corrected chi connectivity index (χ4v) is 6.77. The molecule has 10 nitrogen and oxygen atoms in total. The second kappa shape index (κ2) is 10.4. The summed E-state index contributed by atoms with van der Waals surface area (Å²) >= 11 is 0. The predicted octanol–water partition coefficient (Wildman–Crippen LogP) is 5.90. The predicted molar refractivity (Wildman–Crippen MR) is 168 cm³/mol. The Balaban J connectivity index is 1.01. The molecule has 2 fully saturated rings. The molecular weight excluding hydrogens is 554 g/mol. The molecule has 220 valence electrons. The van der Waals surface area contributed by atoms with E-state index in [9.17, 15) is 0 Å². The van der Waals surface area contributed by atoms with E-state index < -0.39 is 0 Å². The Bertz CT molecular complexity index is 1880. The Morgan fingerprint density at radius 3 is 2.23 bits per heavy atom. The van der Waals surface area contributed by atoms with Crippen molar-refractivity contribution in [3.8, 4) is 33.8 Å². The van der Waals surface area contributed by atoms with E-state index in [0.717, 1.165) is 93.2 Å². The monoisotopic (exact) mass is 585 g/mol. The topological polar surface area (TPSA) is 104 Å². The second-order valence-electron chi connectivity index (χ2n) is 11.8. The lowest BCUT2D eigenvalue weighted by molar-refractivity contribution is 0.0163. The number of morpholine rings is 1. The third-order valence-electron chi connectivity index (χ3n) is 9.10. The quantitative estimate of drug-likeness (QED) is 0.213. The molecule has 2 bridgehead atoms. The molecule has 2 N–H and O–H groups in total. The highest BCUT2D eigenvalue weighted by Crippen LogP contribution is 2.48. The van der Waals surface area contributed by atoms with Crippen LogP contribution in [0, 0.1) is 0 Å². The van der Waals surface area contributed by atoms with Gasteiger partial charge in [0.05, 0.1) is 55.0 Å². The highest BCUT2D eigenvalue weighted by molar-refractivity contribution is 5.87. The van der Waals surface area contributed by atoms with Crippen LogP contribution >= 0.6 is 0 Å². The molecule has 44 heavy (non-hydrogen) atoms. The van der Waals surface area contributed by atoms with Crippen molar-refractivity contribution in [3.05, 3.63) is 79.3 Å². The van der Waals surface area contributed by atoms with Gasteiger partial charge in [-0.05, 0) is 65.6 Å². The van der Waals surface area contributed by atoms with Gasteiger partial charge in [0.15, 0.2) is 17.3 Å². The smallest absolute Gasteiger partial charge is 0.176 e. The van der Waals surface area contributed by atoms with Crippen molar-refractivity contribution in [2.75, 3.05) is 44.4 Å². The number of hydrogen-bond acceptors (Lipinski definition) is 8. The van der Waals surface area contributed by atoms with Crippen LogP contribution in [0.2, 0.25) is 0 Å². The van der Waals surface area contributed by atoms with E-state index in [0.29, 0.717) is 31.9 Å². The molecule has 0 unspecified atom stereocenters. The molecule has 0 spiro atoms. The number of hydrogen-bond donors (Lipinski definition) is 2. The van der Waals surface area contributed by atoms with Gasteiger partial charge in [0.25, 0.3) is 0 Å². The number of aromatic nitrogens is 5. The first-order chi connectivity index (χ1) is 21.7. The minimum Gasteiger partial charge on any atom is -0.451 e. The third kappa shape index (κ3) is 4.50. The summed E-state index contributed by atoms with van der Waals surface area (Å²) in [6, 6.07) is 21.6. The van der Waals surface area contributed by atoms with Crippen LogP contribution in [0.1, 0.15) is 6.42 Å². The van der Waals surface area contributed by atoms with Crippen molar-refractivity contribution >= 4 is 33.3 Å². The van der Waals surface area contributed by atoms with E-state index in [1.807, 2.05) is 24.7 Å². The molecule has 3 aliphatic rings. The number of nitrogens with one attached hydrogen (secondary N) is 2. The van der Waals surface area contributed by atoms with Gasteiger partial charge in [0.2, 0.25) is 0 Å². The largest absolute Gasteiger partial charge is 0.451 e. The molecule has 6 aromatic rings. The average molecular weight is 586 g/mol. The summed E-state index contributed by atoms with van der Waals surface area (Å²) in [4.78, 5) is 9.64. The summed E-state index contributed by atoms with van der Waals surface area (Å²) < 4.78 is 18.5. The maximum absolute atomic E-state index is 6.60. The SMILES string of the molecule is c1cc2c(cc1-c1ccc3[nH]ncc3c1)Oc1cc(-c3ccc4[nH]ncc4c3)cnc1N2CCOCCN1C[C@H]2C[C@@H]1CO2. The Kier molecular flexibility index (Phi) is 6.10. The molecule has 10 heteroatoms. The van der Waals surface area contributed by atoms with E-state index in [1.54, 1.807) is 0 Å². The van der Waals surface area contributed by atoms with Crippen molar-refractivity contribution in [3.63, 3.8) is 0 Å². The van der Waals surface area contributed by atoms with Gasteiger partial charge in [0, 0.05) is 48.2 Å². The minimum absolute atomic E-state index is 0.408. The fourth-order valence-electron chi connectivity index (χ4n) is 6.77.